The zero-order chi connectivity index (χ0) is 24.6. The summed E-state index contributed by atoms with van der Waals surface area (Å²) in [6.07, 6.45) is 3.29. The van der Waals surface area contributed by atoms with Crippen molar-refractivity contribution in [3.63, 3.8) is 0 Å². The highest BCUT2D eigenvalue weighted by atomic mass is 16.5. The largest absolute Gasteiger partial charge is 0.465 e. The summed E-state index contributed by atoms with van der Waals surface area (Å²) in [5, 5.41) is 3.05. The van der Waals surface area contributed by atoms with Gasteiger partial charge in [-0.05, 0) is 56.2 Å². The average Bonchev–Trinajstić information content (AvgIpc) is 3.36. The Bertz CT molecular complexity index is 1130. The molecule has 184 valence electrons. The van der Waals surface area contributed by atoms with Gasteiger partial charge in [-0.2, -0.15) is 0 Å². The summed E-state index contributed by atoms with van der Waals surface area (Å²) in [6.45, 7) is 4.69. The first-order valence-electron chi connectivity index (χ1n) is 12.3. The predicted octanol–water partition coefficient (Wildman–Crippen LogP) is 3.28. The van der Waals surface area contributed by atoms with Gasteiger partial charge in [0, 0.05) is 31.4 Å². The van der Waals surface area contributed by atoms with Crippen LogP contribution in [0.2, 0.25) is 0 Å². The number of hydrogen-bond donors (Lipinski definition) is 1. The third-order valence-corrected chi connectivity index (χ3v) is 7.68. The molecular weight excluding hydrogens is 444 g/mol. The fourth-order valence-electron chi connectivity index (χ4n) is 5.76. The van der Waals surface area contributed by atoms with Crippen molar-refractivity contribution in [2.75, 3.05) is 48.4 Å². The van der Waals surface area contributed by atoms with E-state index >= 15 is 0 Å². The van der Waals surface area contributed by atoms with E-state index in [2.05, 4.69) is 22.0 Å². The Labute approximate surface area is 205 Å². The van der Waals surface area contributed by atoms with E-state index in [1.807, 2.05) is 36.4 Å². The number of methoxy groups -OCH3 is 1. The van der Waals surface area contributed by atoms with Crippen LogP contribution in [0.15, 0.2) is 48.5 Å². The van der Waals surface area contributed by atoms with Crippen LogP contribution in [0.1, 0.15) is 43.0 Å². The van der Waals surface area contributed by atoms with Crippen molar-refractivity contribution in [2.45, 2.75) is 44.2 Å². The van der Waals surface area contributed by atoms with Crippen LogP contribution in [-0.4, -0.2) is 67.6 Å². The summed E-state index contributed by atoms with van der Waals surface area (Å²) in [7, 11) is 1.38. The molecule has 3 aliphatic rings. The highest BCUT2D eigenvalue weighted by Crippen LogP contribution is 2.45. The van der Waals surface area contributed by atoms with E-state index in [0.29, 0.717) is 24.1 Å². The molecule has 2 heterocycles. The summed E-state index contributed by atoms with van der Waals surface area (Å²) < 4.78 is 4.78. The standard InChI is InChI=1S/C27H32N4O4/c1-19-17-30(21-11-9-20(10-12-21)25(33)35-2)16-15-29(19)18-24(32)31-23-8-4-3-7-22(23)28-26(34)27(31)13-5-6-14-27/h3-4,7-12,19H,5-6,13-18H2,1-2H3,(H,28,34). The van der Waals surface area contributed by atoms with Crippen LogP contribution >= 0.6 is 0 Å². The summed E-state index contributed by atoms with van der Waals surface area (Å²) in [5.74, 6) is -0.423. The molecule has 5 rings (SSSR count). The van der Waals surface area contributed by atoms with Gasteiger partial charge in [-0.25, -0.2) is 4.79 Å². The average molecular weight is 477 g/mol. The van der Waals surface area contributed by atoms with E-state index in [9.17, 15) is 14.4 Å². The number of carbonyl (C=O) groups excluding carboxylic acids is 3. The van der Waals surface area contributed by atoms with E-state index in [0.717, 1.165) is 43.9 Å². The second-order valence-corrected chi connectivity index (χ2v) is 9.74. The molecule has 2 fully saturated rings. The molecular formula is C27H32N4O4. The van der Waals surface area contributed by atoms with Gasteiger partial charge >= 0.3 is 5.97 Å². The molecule has 1 saturated heterocycles. The molecule has 2 amide bonds. The topological polar surface area (TPSA) is 82.2 Å². The van der Waals surface area contributed by atoms with E-state index in [1.165, 1.54) is 7.11 Å². The zero-order valence-electron chi connectivity index (χ0n) is 20.3. The summed E-state index contributed by atoms with van der Waals surface area (Å²) in [6, 6.07) is 15.2. The molecule has 1 spiro atoms. The second-order valence-electron chi connectivity index (χ2n) is 9.74. The van der Waals surface area contributed by atoms with Gasteiger partial charge in [-0.1, -0.05) is 25.0 Å². The number of anilines is 3. The first kappa shape index (κ1) is 23.4. The Hall–Kier alpha value is -3.39. The number of fused-ring (bicyclic) bond motifs is 1. The second kappa shape index (κ2) is 9.34. The number of para-hydroxylation sites is 2. The minimum Gasteiger partial charge on any atom is -0.465 e. The van der Waals surface area contributed by atoms with Crippen LogP contribution in [0.5, 0.6) is 0 Å². The van der Waals surface area contributed by atoms with E-state index in [4.69, 9.17) is 4.74 Å². The smallest absolute Gasteiger partial charge is 0.337 e. The number of carbonyl (C=O) groups is 3. The van der Waals surface area contributed by atoms with Crippen molar-refractivity contribution in [1.29, 1.82) is 0 Å². The molecule has 1 saturated carbocycles. The van der Waals surface area contributed by atoms with Gasteiger partial charge < -0.3 is 15.0 Å². The van der Waals surface area contributed by atoms with Crippen LogP contribution in [0.4, 0.5) is 17.1 Å². The van der Waals surface area contributed by atoms with Crippen molar-refractivity contribution in [3.05, 3.63) is 54.1 Å². The lowest BCUT2D eigenvalue weighted by Crippen LogP contribution is -2.63. The SMILES string of the molecule is COC(=O)c1ccc(N2CCN(CC(=O)N3c4ccccc4NC(=O)C34CCCC4)C(C)C2)cc1. The highest BCUT2D eigenvalue weighted by Gasteiger charge is 2.52. The molecule has 2 aliphatic heterocycles. The summed E-state index contributed by atoms with van der Waals surface area (Å²) in [4.78, 5) is 45.0. The quantitative estimate of drug-likeness (QED) is 0.682. The lowest BCUT2D eigenvalue weighted by molar-refractivity contribution is -0.128. The van der Waals surface area contributed by atoms with E-state index < -0.39 is 5.54 Å². The third kappa shape index (κ3) is 4.16. The lowest BCUT2D eigenvalue weighted by Gasteiger charge is -2.46. The van der Waals surface area contributed by atoms with E-state index in [1.54, 1.807) is 17.0 Å². The van der Waals surface area contributed by atoms with Gasteiger partial charge in [0.25, 0.3) is 5.91 Å². The van der Waals surface area contributed by atoms with Crippen molar-refractivity contribution in [1.82, 2.24) is 4.90 Å². The molecule has 1 unspecified atom stereocenters. The molecule has 0 bridgehead atoms. The molecule has 0 radical (unpaired) electrons. The van der Waals surface area contributed by atoms with Crippen LogP contribution in [0.3, 0.4) is 0 Å². The van der Waals surface area contributed by atoms with Crippen LogP contribution < -0.4 is 15.1 Å². The van der Waals surface area contributed by atoms with Crippen LogP contribution in [0.25, 0.3) is 0 Å². The predicted molar refractivity (Wildman–Crippen MR) is 135 cm³/mol. The Morgan fingerprint density at radius 3 is 2.46 bits per heavy atom. The van der Waals surface area contributed by atoms with Gasteiger partial charge in [0.05, 0.1) is 30.6 Å². The number of rotatable bonds is 4. The Balaban J connectivity index is 1.30. The maximum absolute atomic E-state index is 13.8. The maximum atomic E-state index is 13.8. The number of nitrogens with zero attached hydrogens (tertiary/aromatic N) is 3. The molecule has 2 aromatic rings. The normalized spacial score (nSPS) is 21.5. The van der Waals surface area contributed by atoms with Crippen molar-refractivity contribution >= 4 is 34.8 Å². The van der Waals surface area contributed by atoms with Crippen molar-refractivity contribution in [2.24, 2.45) is 0 Å². The summed E-state index contributed by atoms with van der Waals surface area (Å²) in [5.41, 5.74) is 2.30. The number of ether oxygens (including phenoxy) is 1. The van der Waals surface area contributed by atoms with Gasteiger partial charge in [-0.3, -0.25) is 19.4 Å². The van der Waals surface area contributed by atoms with Crippen LogP contribution in [0, 0.1) is 0 Å². The lowest BCUT2D eigenvalue weighted by atomic mass is 9.89. The Morgan fingerprint density at radius 2 is 1.77 bits per heavy atom. The fourth-order valence-corrected chi connectivity index (χ4v) is 5.76. The number of piperazine rings is 1. The van der Waals surface area contributed by atoms with Crippen molar-refractivity contribution in [3.8, 4) is 0 Å². The Kier molecular flexibility index (Phi) is 6.23. The monoisotopic (exact) mass is 476 g/mol. The van der Waals surface area contributed by atoms with Gasteiger partial charge in [-0.15, -0.1) is 0 Å². The van der Waals surface area contributed by atoms with E-state index in [-0.39, 0.29) is 30.4 Å². The molecule has 35 heavy (non-hydrogen) atoms. The number of hydrogen-bond acceptors (Lipinski definition) is 6. The van der Waals surface area contributed by atoms with Gasteiger partial charge in [0.1, 0.15) is 5.54 Å². The van der Waals surface area contributed by atoms with Gasteiger partial charge in [0.2, 0.25) is 5.91 Å². The highest BCUT2D eigenvalue weighted by molar-refractivity contribution is 6.15. The molecule has 2 aromatic carbocycles. The fraction of sp³-hybridized carbons (Fsp3) is 0.444. The number of amides is 2. The minimum absolute atomic E-state index is 0.0167. The maximum Gasteiger partial charge on any atom is 0.337 e. The molecule has 8 nitrogen and oxygen atoms in total. The van der Waals surface area contributed by atoms with Crippen molar-refractivity contribution < 1.29 is 19.1 Å². The Morgan fingerprint density at radius 1 is 1.06 bits per heavy atom. The third-order valence-electron chi connectivity index (χ3n) is 7.68. The molecule has 1 atom stereocenters. The summed E-state index contributed by atoms with van der Waals surface area (Å²) >= 11 is 0. The molecule has 0 aromatic heterocycles. The number of benzene rings is 2. The van der Waals surface area contributed by atoms with Gasteiger partial charge in [0.15, 0.2) is 0 Å². The minimum atomic E-state index is -0.780. The molecule has 1 N–H and O–H groups in total. The zero-order valence-corrected chi connectivity index (χ0v) is 20.3. The molecule has 1 aliphatic carbocycles. The number of nitrogens with one attached hydrogen (secondary N) is 1. The van der Waals surface area contributed by atoms with Crippen LogP contribution in [-0.2, 0) is 14.3 Å². The number of esters is 1. The first-order valence-corrected chi connectivity index (χ1v) is 12.3. The first-order chi connectivity index (χ1) is 16.9. The molecule has 8 heteroatoms.